The number of hydrogen-bond donors (Lipinski definition) is 1. The van der Waals surface area contributed by atoms with E-state index in [1.807, 2.05) is 18.7 Å². The lowest BCUT2D eigenvalue weighted by molar-refractivity contribution is -0.151. The van der Waals surface area contributed by atoms with E-state index in [0.29, 0.717) is 0 Å². The fourth-order valence-corrected chi connectivity index (χ4v) is 2.95. The minimum absolute atomic E-state index is 0.0312. The van der Waals surface area contributed by atoms with Crippen LogP contribution in [0.1, 0.15) is 72.6 Å². The molecule has 0 spiro atoms. The standard InChI is InChI=1S/C17H32N2O2/c1-5-7-8-9-10-12-19-14(11-6-2)16(20)18-15(13(3)4)17(19)21/h13-15H,5-12H2,1-4H3,(H,18,20). The minimum Gasteiger partial charge on any atom is -0.342 e. The van der Waals surface area contributed by atoms with Gasteiger partial charge in [0.05, 0.1) is 0 Å². The van der Waals surface area contributed by atoms with Crippen LogP contribution >= 0.6 is 0 Å². The molecule has 1 saturated heterocycles. The quantitative estimate of drug-likeness (QED) is 0.665. The molecule has 0 radical (unpaired) electrons. The molecule has 1 heterocycles. The molecule has 0 aliphatic carbocycles. The molecule has 1 rings (SSSR count). The van der Waals surface area contributed by atoms with Crippen LogP contribution in [0.25, 0.3) is 0 Å². The summed E-state index contributed by atoms with van der Waals surface area (Å²) in [6, 6.07) is -0.607. The lowest BCUT2D eigenvalue weighted by Gasteiger charge is -2.40. The zero-order valence-corrected chi connectivity index (χ0v) is 14.2. The SMILES string of the molecule is CCCCCCCN1C(=O)C(C(C)C)NC(=O)C1CCC. The van der Waals surface area contributed by atoms with E-state index in [0.717, 1.165) is 32.2 Å². The first-order valence-corrected chi connectivity index (χ1v) is 8.63. The fourth-order valence-electron chi connectivity index (χ4n) is 2.95. The summed E-state index contributed by atoms with van der Waals surface area (Å²) in [4.78, 5) is 26.8. The summed E-state index contributed by atoms with van der Waals surface area (Å²) < 4.78 is 0. The lowest BCUT2D eigenvalue weighted by Crippen LogP contribution is -2.64. The summed E-state index contributed by atoms with van der Waals surface area (Å²) in [5, 5.41) is 2.91. The third-order valence-corrected chi connectivity index (χ3v) is 4.26. The van der Waals surface area contributed by atoms with Crippen molar-refractivity contribution < 1.29 is 9.59 Å². The Kier molecular flexibility index (Phi) is 7.76. The van der Waals surface area contributed by atoms with E-state index in [1.165, 1.54) is 19.3 Å². The Morgan fingerprint density at radius 1 is 1.05 bits per heavy atom. The predicted molar refractivity (Wildman–Crippen MR) is 85.9 cm³/mol. The molecule has 122 valence electrons. The Balaban J connectivity index is 2.66. The molecule has 1 fully saturated rings. The van der Waals surface area contributed by atoms with E-state index in [1.54, 1.807) is 0 Å². The van der Waals surface area contributed by atoms with Gasteiger partial charge in [-0.3, -0.25) is 9.59 Å². The van der Waals surface area contributed by atoms with Crippen LogP contribution in [0.4, 0.5) is 0 Å². The van der Waals surface area contributed by atoms with Crippen LogP contribution in [0, 0.1) is 5.92 Å². The van der Waals surface area contributed by atoms with Crippen molar-refractivity contribution in [3.8, 4) is 0 Å². The highest BCUT2D eigenvalue weighted by molar-refractivity contribution is 5.97. The first-order chi connectivity index (χ1) is 10.0. The van der Waals surface area contributed by atoms with Crippen LogP contribution < -0.4 is 5.32 Å². The van der Waals surface area contributed by atoms with Gasteiger partial charge < -0.3 is 10.2 Å². The van der Waals surface area contributed by atoms with Crippen molar-refractivity contribution in [2.75, 3.05) is 6.54 Å². The Hall–Kier alpha value is -1.06. The van der Waals surface area contributed by atoms with Crippen molar-refractivity contribution in [3.05, 3.63) is 0 Å². The maximum Gasteiger partial charge on any atom is 0.246 e. The van der Waals surface area contributed by atoms with Gasteiger partial charge >= 0.3 is 0 Å². The van der Waals surface area contributed by atoms with Crippen LogP contribution in [-0.4, -0.2) is 35.3 Å². The van der Waals surface area contributed by atoms with E-state index in [2.05, 4.69) is 19.2 Å². The predicted octanol–water partition coefficient (Wildman–Crippen LogP) is 3.11. The average molecular weight is 296 g/mol. The first-order valence-electron chi connectivity index (χ1n) is 8.63. The number of unbranched alkanes of at least 4 members (excludes halogenated alkanes) is 4. The number of piperazine rings is 1. The Morgan fingerprint density at radius 3 is 2.29 bits per heavy atom. The Bertz CT molecular complexity index is 342. The van der Waals surface area contributed by atoms with Crippen molar-refractivity contribution in [1.82, 2.24) is 10.2 Å². The number of carbonyl (C=O) groups excluding carboxylic acids is 2. The molecule has 1 aliphatic heterocycles. The van der Waals surface area contributed by atoms with Gasteiger partial charge in [0.2, 0.25) is 11.8 Å². The van der Waals surface area contributed by atoms with Gasteiger partial charge in [0, 0.05) is 6.54 Å². The van der Waals surface area contributed by atoms with Crippen molar-refractivity contribution >= 4 is 11.8 Å². The smallest absolute Gasteiger partial charge is 0.246 e. The molecule has 0 aromatic rings. The summed E-state index contributed by atoms with van der Waals surface area (Å²) in [7, 11) is 0. The lowest BCUT2D eigenvalue weighted by atomic mass is 9.95. The molecular formula is C17H32N2O2. The molecule has 2 amide bonds. The largest absolute Gasteiger partial charge is 0.342 e. The topological polar surface area (TPSA) is 49.4 Å². The maximum absolute atomic E-state index is 12.6. The van der Waals surface area contributed by atoms with Crippen molar-refractivity contribution in [3.63, 3.8) is 0 Å². The molecule has 21 heavy (non-hydrogen) atoms. The highest BCUT2D eigenvalue weighted by Crippen LogP contribution is 2.19. The first kappa shape index (κ1) is 18.0. The molecule has 1 N–H and O–H groups in total. The average Bonchev–Trinajstić information content (AvgIpc) is 2.44. The van der Waals surface area contributed by atoms with Gasteiger partial charge in [-0.05, 0) is 18.8 Å². The van der Waals surface area contributed by atoms with Crippen LogP contribution in [0.2, 0.25) is 0 Å². The molecule has 1 aliphatic rings. The summed E-state index contributed by atoms with van der Waals surface area (Å²) in [6.07, 6.45) is 7.52. The van der Waals surface area contributed by atoms with Gasteiger partial charge in [-0.1, -0.05) is 59.8 Å². The molecule has 4 nitrogen and oxygen atoms in total. The Morgan fingerprint density at radius 2 is 1.71 bits per heavy atom. The van der Waals surface area contributed by atoms with E-state index in [9.17, 15) is 9.59 Å². The molecular weight excluding hydrogens is 264 g/mol. The third kappa shape index (κ3) is 5.01. The monoisotopic (exact) mass is 296 g/mol. The maximum atomic E-state index is 12.6. The van der Waals surface area contributed by atoms with E-state index in [4.69, 9.17) is 0 Å². The highest BCUT2D eigenvalue weighted by atomic mass is 16.2. The zero-order chi connectivity index (χ0) is 15.8. The summed E-state index contributed by atoms with van der Waals surface area (Å²) in [5.41, 5.74) is 0. The number of amides is 2. The number of carbonyl (C=O) groups is 2. The van der Waals surface area contributed by atoms with Crippen LogP contribution in [-0.2, 0) is 9.59 Å². The number of rotatable bonds is 9. The van der Waals surface area contributed by atoms with Crippen LogP contribution in [0.5, 0.6) is 0 Å². The molecule has 2 atom stereocenters. The van der Waals surface area contributed by atoms with Gasteiger partial charge in [-0.25, -0.2) is 0 Å². The molecule has 0 saturated carbocycles. The van der Waals surface area contributed by atoms with Crippen LogP contribution in [0.3, 0.4) is 0 Å². The van der Waals surface area contributed by atoms with Gasteiger partial charge in [-0.15, -0.1) is 0 Å². The third-order valence-electron chi connectivity index (χ3n) is 4.26. The van der Waals surface area contributed by atoms with Gasteiger partial charge in [0.15, 0.2) is 0 Å². The second kappa shape index (κ2) is 9.06. The molecule has 0 aromatic carbocycles. The molecule has 0 bridgehead atoms. The fraction of sp³-hybridized carbons (Fsp3) is 0.882. The second-order valence-electron chi connectivity index (χ2n) is 6.48. The summed E-state index contributed by atoms with van der Waals surface area (Å²) in [5.74, 6) is 0.286. The van der Waals surface area contributed by atoms with E-state index < -0.39 is 0 Å². The number of nitrogens with one attached hydrogen (secondary N) is 1. The van der Waals surface area contributed by atoms with Gasteiger partial charge in [0.1, 0.15) is 12.1 Å². The van der Waals surface area contributed by atoms with Crippen molar-refractivity contribution in [2.45, 2.75) is 84.7 Å². The van der Waals surface area contributed by atoms with Crippen LogP contribution in [0.15, 0.2) is 0 Å². The minimum atomic E-state index is -0.346. The van der Waals surface area contributed by atoms with Gasteiger partial charge in [0.25, 0.3) is 0 Å². The van der Waals surface area contributed by atoms with Crippen molar-refractivity contribution in [2.24, 2.45) is 5.92 Å². The van der Waals surface area contributed by atoms with E-state index in [-0.39, 0.29) is 29.8 Å². The molecule has 0 aromatic heterocycles. The molecule has 2 unspecified atom stereocenters. The molecule has 4 heteroatoms. The normalized spacial score (nSPS) is 22.8. The zero-order valence-electron chi connectivity index (χ0n) is 14.2. The number of hydrogen-bond acceptors (Lipinski definition) is 2. The highest BCUT2D eigenvalue weighted by Gasteiger charge is 2.40. The summed E-state index contributed by atoms with van der Waals surface area (Å²) >= 11 is 0. The van der Waals surface area contributed by atoms with Gasteiger partial charge in [-0.2, -0.15) is 0 Å². The van der Waals surface area contributed by atoms with E-state index >= 15 is 0 Å². The van der Waals surface area contributed by atoms with Crippen molar-refractivity contribution in [1.29, 1.82) is 0 Å². The Labute approximate surface area is 129 Å². The second-order valence-corrected chi connectivity index (χ2v) is 6.48. The number of nitrogens with zero attached hydrogens (tertiary/aromatic N) is 1. The summed E-state index contributed by atoms with van der Waals surface area (Å²) in [6.45, 7) is 8.96.